The Morgan fingerprint density at radius 2 is 2.25 bits per heavy atom. The molecule has 0 spiro atoms. The van der Waals surface area contributed by atoms with E-state index in [1.54, 1.807) is 24.5 Å². The van der Waals surface area contributed by atoms with Gasteiger partial charge in [-0.15, -0.1) is 0 Å². The van der Waals surface area contributed by atoms with Gasteiger partial charge in [-0.1, -0.05) is 11.6 Å². The first-order valence-corrected chi connectivity index (χ1v) is 6.48. The quantitative estimate of drug-likeness (QED) is 0.831. The number of nitrogens with two attached hydrogens (primary N) is 1. The molecule has 0 aliphatic heterocycles. The number of carbonyl (C=O) groups excluding carboxylic acids is 1. The summed E-state index contributed by atoms with van der Waals surface area (Å²) in [5.41, 5.74) is 6.71. The van der Waals surface area contributed by atoms with Crippen LogP contribution in [-0.2, 0) is 11.3 Å². The Morgan fingerprint density at radius 3 is 2.90 bits per heavy atom. The minimum absolute atomic E-state index is 0.147. The summed E-state index contributed by atoms with van der Waals surface area (Å²) in [6.45, 7) is 0.803. The van der Waals surface area contributed by atoms with Gasteiger partial charge in [0.05, 0.1) is 30.1 Å². The zero-order chi connectivity index (χ0) is 14.5. The number of nitrogens with one attached hydrogen (secondary N) is 1. The molecular formula is C14H16ClN3O2. The van der Waals surface area contributed by atoms with Crippen molar-refractivity contribution in [1.29, 1.82) is 0 Å². The third kappa shape index (κ3) is 4.01. The van der Waals surface area contributed by atoms with Crippen LogP contribution in [0.5, 0.6) is 0 Å². The van der Waals surface area contributed by atoms with Gasteiger partial charge < -0.3 is 15.5 Å². The standard InChI is InChI=1S/C14H16ClN3O2/c1-18(8-11-3-2-6-20-11)9-14(19)17-13-5-4-10(16)7-12(13)15/h2-7H,8-9,16H2,1H3,(H,17,19). The van der Waals surface area contributed by atoms with Gasteiger partial charge in [0.1, 0.15) is 5.76 Å². The highest BCUT2D eigenvalue weighted by Gasteiger charge is 2.10. The lowest BCUT2D eigenvalue weighted by Crippen LogP contribution is -2.29. The van der Waals surface area contributed by atoms with Crippen molar-refractivity contribution >= 4 is 28.9 Å². The second-order valence-corrected chi connectivity index (χ2v) is 4.95. The molecule has 0 aliphatic carbocycles. The Morgan fingerprint density at radius 1 is 1.45 bits per heavy atom. The van der Waals surface area contributed by atoms with Crippen LogP contribution in [-0.4, -0.2) is 24.4 Å². The monoisotopic (exact) mass is 293 g/mol. The van der Waals surface area contributed by atoms with Gasteiger partial charge in [0, 0.05) is 5.69 Å². The number of benzene rings is 1. The molecule has 0 saturated heterocycles. The van der Waals surface area contributed by atoms with Crippen LogP contribution in [0.1, 0.15) is 5.76 Å². The number of rotatable bonds is 5. The third-order valence-corrected chi connectivity index (χ3v) is 3.00. The molecule has 0 saturated carbocycles. The molecule has 0 aliphatic rings. The number of hydrogen-bond donors (Lipinski definition) is 2. The second kappa shape index (κ2) is 6.45. The summed E-state index contributed by atoms with van der Waals surface area (Å²) in [6, 6.07) is 8.66. The highest BCUT2D eigenvalue weighted by atomic mass is 35.5. The van der Waals surface area contributed by atoms with Gasteiger partial charge in [0.15, 0.2) is 0 Å². The van der Waals surface area contributed by atoms with E-state index < -0.39 is 0 Å². The van der Waals surface area contributed by atoms with Crippen molar-refractivity contribution in [3.05, 3.63) is 47.4 Å². The maximum Gasteiger partial charge on any atom is 0.238 e. The first-order chi connectivity index (χ1) is 9.54. The van der Waals surface area contributed by atoms with Gasteiger partial charge in [-0.25, -0.2) is 0 Å². The summed E-state index contributed by atoms with van der Waals surface area (Å²) in [7, 11) is 1.84. The Kier molecular flexibility index (Phi) is 4.65. The molecule has 3 N–H and O–H groups in total. The number of furan rings is 1. The van der Waals surface area contributed by atoms with E-state index in [1.165, 1.54) is 0 Å². The van der Waals surface area contributed by atoms with Gasteiger partial charge in [0.25, 0.3) is 0 Å². The highest BCUT2D eigenvalue weighted by Crippen LogP contribution is 2.23. The molecule has 0 bridgehead atoms. The summed E-state index contributed by atoms with van der Waals surface area (Å²) in [5.74, 6) is 0.663. The highest BCUT2D eigenvalue weighted by molar-refractivity contribution is 6.34. The number of nitrogens with zero attached hydrogens (tertiary/aromatic N) is 1. The van der Waals surface area contributed by atoms with E-state index in [9.17, 15) is 4.79 Å². The molecule has 20 heavy (non-hydrogen) atoms. The van der Waals surface area contributed by atoms with Crippen molar-refractivity contribution in [2.75, 3.05) is 24.6 Å². The van der Waals surface area contributed by atoms with Crippen molar-refractivity contribution in [1.82, 2.24) is 4.90 Å². The predicted molar refractivity (Wildman–Crippen MR) is 79.5 cm³/mol. The molecule has 1 heterocycles. The Balaban J connectivity index is 1.88. The van der Waals surface area contributed by atoms with Crippen LogP contribution in [0.3, 0.4) is 0 Å². The lowest BCUT2D eigenvalue weighted by atomic mass is 10.3. The molecule has 2 rings (SSSR count). The fourth-order valence-corrected chi connectivity index (χ4v) is 2.03. The molecule has 1 amide bonds. The maximum atomic E-state index is 11.9. The summed E-state index contributed by atoms with van der Waals surface area (Å²) >= 11 is 6.00. The van der Waals surface area contributed by atoms with Gasteiger partial charge in [-0.05, 0) is 37.4 Å². The average molecular weight is 294 g/mol. The van der Waals surface area contributed by atoms with Gasteiger partial charge in [0.2, 0.25) is 5.91 Å². The number of nitrogen functional groups attached to an aromatic ring is 1. The third-order valence-electron chi connectivity index (χ3n) is 2.69. The summed E-state index contributed by atoms with van der Waals surface area (Å²) in [5, 5.41) is 3.17. The van der Waals surface area contributed by atoms with Gasteiger partial charge in [-0.2, -0.15) is 0 Å². The van der Waals surface area contributed by atoms with E-state index in [-0.39, 0.29) is 12.5 Å². The molecule has 0 atom stereocenters. The first kappa shape index (κ1) is 14.4. The lowest BCUT2D eigenvalue weighted by Gasteiger charge is -2.15. The summed E-state index contributed by atoms with van der Waals surface area (Å²) < 4.78 is 5.23. The summed E-state index contributed by atoms with van der Waals surface area (Å²) in [6.07, 6.45) is 1.61. The van der Waals surface area contributed by atoms with Gasteiger partial charge >= 0.3 is 0 Å². The zero-order valence-electron chi connectivity index (χ0n) is 11.1. The topological polar surface area (TPSA) is 71.5 Å². The minimum Gasteiger partial charge on any atom is -0.468 e. The normalized spacial score (nSPS) is 10.8. The molecular weight excluding hydrogens is 278 g/mol. The van der Waals surface area contributed by atoms with Crippen LogP contribution in [0.2, 0.25) is 5.02 Å². The van der Waals surface area contributed by atoms with E-state index in [4.69, 9.17) is 21.8 Å². The van der Waals surface area contributed by atoms with Crippen molar-refractivity contribution in [3.63, 3.8) is 0 Å². The smallest absolute Gasteiger partial charge is 0.238 e. The molecule has 106 valence electrons. The first-order valence-electron chi connectivity index (χ1n) is 6.10. The molecule has 5 nitrogen and oxygen atoms in total. The van der Waals surface area contributed by atoms with E-state index in [0.29, 0.717) is 22.9 Å². The summed E-state index contributed by atoms with van der Waals surface area (Å²) in [4.78, 5) is 13.8. The molecule has 6 heteroatoms. The second-order valence-electron chi connectivity index (χ2n) is 4.54. The largest absolute Gasteiger partial charge is 0.468 e. The minimum atomic E-state index is -0.147. The van der Waals surface area contributed by atoms with Crippen LogP contribution < -0.4 is 11.1 Å². The number of carbonyl (C=O) groups is 1. The fraction of sp³-hybridized carbons (Fsp3) is 0.214. The van der Waals surface area contributed by atoms with Crippen molar-refractivity contribution in [2.45, 2.75) is 6.54 Å². The van der Waals surface area contributed by atoms with E-state index >= 15 is 0 Å². The Labute approximate surface area is 122 Å². The SMILES string of the molecule is CN(CC(=O)Nc1ccc(N)cc1Cl)Cc1ccco1. The van der Waals surface area contributed by atoms with Crippen LogP contribution in [0, 0.1) is 0 Å². The molecule has 0 radical (unpaired) electrons. The van der Waals surface area contributed by atoms with Crippen molar-refractivity contribution < 1.29 is 9.21 Å². The molecule has 1 aromatic carbocycles. The van der Waals surface area contributed by atoms with Crippen LogP contribution in [0.4, 0.5) is 11.4 Å². The number of amides is 1. The van der Waals surface area contributed by atoms with Crippen molar-refractivity contribution in [3.8, 4) is 0 Å². The average Bonchev–Trinajstić information content (AvgIpc) is 2.85. The zero-order valence-corrected chi connectivity index (χ0v) is 11.9. The van der Waals surface area contributed by atoms with E-state index in [1.807, 2.05) is 24.1 Å². The van der Waals surface area contributed by atoms with Crippen LogP contribution >= 0.6 is 11.6 Å². The number of hydrogen-bond acceptors (Lipinski definition) is 4. The van der Waals surface area contributed by atoms with E-state index in [0.717, 1.165) is 5.76 Å². The van der Waals surface area contributed by atoms with Crippen LogP contribution in [0.15, 0.2) is 41.0 Å². The van der Waals surface area contributed by atoms with Crippen molar-refractivity contribution in [2.24, 2.45) is 0 Å². The van der Waals surface area contributed by atoms with Crippen LogP contribution in [0.25, 0.3) is 0 Å². The molecule has 0 unspecified atom stereocenters. The number of anilines is 2. The van der Waals surface area contributed by atoms with Gasteiger partial charge in [-0.3, -0.25) is 9.69 Å². The number of halogens is 1. The Hall–Kier alpha value is -1.98. The number of likely N-dealkylation sites (N-methyl/N-ethyl adjacent to an activating group) is 1. The predicted octanol–water partition coefficient (Wildman–Crippen LogP) is 2.59. The molecule has 0 fully saturated rings. The molecule has 1 aromatic heterocycles. The maximum absolute atomic E-state index is 11.9. The lowest BCUT2D eigenvalue weighted by molar-refractivity contribution is -0.117. The van der Waals surface area contributed by atoms with E-state index in [2.05, 4.69) is 5.32 Å². The Bertz CT molecular complexity index is 584. The molecule has 2 aromatic rings. The fourth-order valence-electron chi connectivity index (χ4n) is 1.79.